The lowest BCUT2D eigenvalue weighted by Gasteiger charge is -2.12. The summed E-state index contributed by atoms with van der Waals surface area (Å²) in [6.45, 7) is 4.35. The van der Waals surface area contributed by atoms with E-state index in [1.54, 1.807) is 12.1 Å². The molecule has 0 heterocycles. The Morgan fingerprint density at radius 2 is 1.90 bits per heavy atom. The molecule has 0 amide bonds. The van der Waals surface area contributed by atoms with Gasteiger partial charge in [-0.2, -0.15) is 0 Å². The standard InChI is InChI=1S/C17H18O4/c1-11-4-5-12(2)13(8-11)10-21-16-7-6-14(20-3)9-15(16)17(18)19/h4-9H,10H2,1-3H3,(H,18,19). The van der Waals surface area contributed by atoms with Crippen LogP contribution in [0.1, 0.15) is 27.0 Å². The number of ether oxygens (including phenoxy) is 2. The summed E-state index contributed by atoms with van der Waals surface area (Å²) < 4.78 is 10.7. The van der Waals surface area contributed by atoms with Gasteiger partial charge < -0.3 is 14.6 Å². The van der Waals surface area contributed by atoms with Gasteiger partial charge in [0.1, 0.15) is 23.7 Å². The highest BCUT2D eigenvalue weighted by Gasteiger charge is 2.13. The second kappa shape index (κ2) is 6.31. The minimum Gasteiger partial charge on any atom is -0.497 e. The minimum absolute atomic E-state index is 0.0969. The molecular formula is C17H18O4. The van der Waals surface area contributed by atoms with Crippen LogP contribution in [0.25, 0.3) is 0 Å². The van der Waals surface area contributed by atoms with Gasteiger partial charge in [-0.25, -0.2) is 4.79 Å². The summed E-state index contributed by atoms with van der Waals surface area (Å²) >= 11 is 0. The molecule has 2 rings (SSSR count). The van der Waals surface area contributed by atoms with E-state index in [9.17, 15) is 9.90 Å². The van der Waals surface area contributed by atoms with E-state index in [1.165, 1.54) is 13.2 Å². The van der Waals surface area contributed by atoms with Crippen molar-refractivity contribution >= 4 is 5.97 Å². The summed E-state index contributed by atoms with van der Waals surface area (Å²) in [7, 11) is 1.50. The van der Waals surface area contributed by atoms with Crippen LogP contribution >= 0.6 is 0 Å². The summed E-state index contributed by atoms with van der Waals surface area (Å²) in [6.07, 6.45) is 0. The third-order valence-corrected chi connectivity index (χ3v) is 3.30. The fraction of sp³-hybridized carbons (Fsp3) is 0.235. The quantitative estimate of drug-likeness (QED) is 0.912. The summed E-state index contributed by atoms with van der Waals surface area (Å²) in [5.41, 5.74) is 3.40. The highest BCUT2D eigenvalue weighted by Crippen LogP contribution is 2.25. The van der Waals surface area contributed by atoms with Crippen molar-refractivity contribution in [2.24, 2.45) is 0 Å². The van der Waals surface area contributed by atoms with E-state index in [1.807, 2.05) is 32.0 Å². The number of rotatable bonds is 5. The predicted molar refractivity (Wildman–Crippen MR) is 80.2 cm³/mol. The number of hydrogen-bond acceptors (Lipinski definition) is 3. The largest absolute Gasteiger partial charge is 0.497 e. The molecule has 0 spiro atoms. The third-order valence-electron chi connectivity index (χ3n) is 3.30. The summed E-state index contributed by atoms with van der Waals surface area (Å²) in [5.74, 6) is -0.208. The number of carbonyl (C=O) groups is 1. The SMILES string of the molecule is COc1ccc(OCc2cc(C)ccc2C)c(C(=O)O)c1. The normalized spacial score (nSPS) is 10.2. The van der Waals surface area contributed by atoms with Gasteiger partial charge in [-0.15, -0.1) is 0 Å². The van der Waals surface area contributed by atoms with E-state index in [2.05, 4.69) is 0 Å². The zero-order valence-electron chi connectivity index (χ0n) is 12.3. The van der Waals surface area contributed by atoms with Gasteiger partial charge in [0.25, 0.3) is 0 Å². The molecule has 110 valence electrons. The number of carboxylic acid groups (broad SMARTS) is 1. The van der Waals surface area contributed by atoms with E-state index in [0.29, 0.717) is 18.1 Å². The van der Waals surface area contributed by atoms with E-state index in [0.717, 1.165) is 16.7 Å². The average molecular weight is 286 g/mol. The maximum absolute atomic E-state index is 11.3. The number of aromatic carboxylic acids is 1. The van der Waals surface area contributed by atoms with Crippen molar-refractivity contribution in [2.75, 3.05) is 7.11 Å². The highest BCUT2D eigenvalue weighted by molar-refractivity contribution is 5.91. The first-order valence-corrected chi connectivity index (χ1v) is 6.61. The first kappa shape index (κ1) is 14.9. The van der Waals surface area contributed by atoms with Crippen molar-refractivity contribution in [3.63, 3.8) is 0 Å². The molecule has 0 aliphatic heterocycles. The molecule has 0 aromatic heterocycles. The topological polar surface area (TPSA) is 55.8 Å². The molecule has 0 fully saturated rings. The fourth-order valence-electron chi connectivity index (χ4n) is 2.04. The van der Waals surface area contributed by atoms with Crippen LogP contribution in [-0.4, -0.2) is 18.2 Å². The van der Waals surface area contributed by atoms with E-state index in [-0.39, 0.29) is 5.56 Å². The summed E-state index contributed by atoms with van der Waals surface area (Å²) in [6, 6.07) is 10.9. The van der Waals surface area contributed by atoms with Crippen LogP contribution in [0.3, 0.4) is 0 Å². The van der Waals surface area contributed by atoms with Crippen molar-refractivity contribution in [2.45, 2.75) is 20.5 Å². The van der Waals surface area contributed by atoms with Crippen LogP contribution < -0.4 is 9.47 Å². The first-order valence-electron chi connectivity index (χ1n) is 6.61. The molecule has 0 atom stereocenters. The Kier molecular flexibility index (Phi) is 4.48. The zero-order valence-corrected chi connectivity index (χ0v) is 12.3. The van der Waals surface area contributed by atoms with Gasteiger partial charge in [0.15, 0.2) is 0 Å². The Balaban J connectivity index is 2.23. The Labute approximate surface area is 123 Å². The Morgan fingerprint density at radius 1 is 1.14 bits per heavy atom. The number of carboxylic acids is 1. The lowest BCUT2D eigenvalue weighted by atomic mass is 10.1. The van der Waals surface area contributed by atoms with Crippen LogP contribution in [0.2, 0.25) is 0 Å². The van der Waals surface area contributed by atoms with E-state index in [4.69, 9.17) is 9.47 Å². The minimum atomic E-state index is -1.04. The Bertz CT molecular complexity index is 662. The number of aryl methyl sites for hydroxylation is 2. The maximum atomic E-state index is 11.3. The van der Waals surface area contributed by atoms with Gasteiger partial charge in [0, 0.05) is 0 Å². The molecule has 0 radical (unpaired) electrons. The van der Waals surface area contributed by atoms with Crippen LogP contribution in [0.15, 0.2) is 36.4 Å². The molecule has 21 heavy (non-hydrogen) atoms. The van der Waals surface area contributed by atoms with Crippen LogP contribution in [0.4, 0.5) is 0 Å². The molecule has 0 saturated heterocycles. The molecule has 0 aliphatic carbocycles. The number of hydrogen-bond donors (Lipinski definition) is 1. The zero-order chi connectivity index (χ0) is 15.4. The van der Waals surface area contributed by atoms with Crippen molar-refractivity contribution in [1.29, 1.82) is 0 Å². The highest BCUT2D eigenvalue weighted by atomic mass is 16.5. The van der Waals surface area contributed by atoms with Crippen molar-refractivity contribution in [3.05, 3.63) is 58.7 Å². The molecule has 0 aliphatic rings. The number of benzene rings is 2. The fourth-order valence-corrected chi connectivity index (χ4v) is 2.04. The Morgan fingerprint density at radius 3 is 2.57 bits per heavy atom. The van der Waals surface area contributed by atoms with Crippen molar-refractivity contribution < 1.29 is 19.4 Å². The van der Waals surface area contributed by atoms with Gasteiger partial charge in [-0.3, -0.25) is 0 Å². The van der Waals surface area contributed by atoms with Crippen LogP contribution in [-0.2, 0) is 6.61 Å². The van der Waals surface area contributed by atoms with Crippen molar-refractivity contribution in [3.8, 4) is 11.5 Å². The Hall–Kier alpha value is -2.49. The number of methoxy groups -OCH3 is 1. The molecule has 2 aromatic rings. The lowest BCUT2D eigenvalue weighted by molar-refractivity contribution is 0.0691. The second-order valence-corrected chi connectivity index (χ2v) is 4.89. The van der Waals surface area contributed by atoms with Gasteiger partial charge in [0.2, 0.25) is 0 Å². The van der Waals surface area contributed by atoms with Gasteiger partial charge in [-0.05, 0) is 43.2 Å². The van der Waals surface area contributed by atoms with Gasteiger partial charge in [0.05, 0.1) is 7.11 Å². The maximum Gasteiger partial charge on any atom is 0.339 e. The van der Waals surface area contributed by atoms with Gasteiger partial charge >= 0.3 is 5.97 Å². The first-order chi connectivity index (χ1) is 10.0. The second-order valence-electron chi connectivity index (χ2n) is 4.89. The molecule has 0 bridgehead atoms. The van der Waals surface area contributed by atoms with E-state index < -0.39 is 5.97 Å². The summed E-state index contributed by atoms with van der Waals surface area (Å²) in [4.78, 5) is 11.3. The summed E-state index contributed by atoms with van der Waals surface area (Å²) in [5, 5.41) is 9.25. The molecule has 4 nitrogen and oxygen atoms in total. The molecule has 2 aromatic carbocycles. The third kappa shape index (κ3) is 3.54. The van der Waals surface area contributed by atoms with Crippen LogP contribution in [0, 0.1) is 13.8 Å². The molecular weight excluding hydrogens is 268 g/mol. The predicted octanol–water partition coefficient (Wildman–Crippen LogP) is 3.59. The van der Waals surface area contributed by atoms with Gasteiger partial charge in [-0.1, -0.05) is 23.8 Å². The molecule has 1 N–H and O–H groups in total. The molecule has 4 heteroatoms. The van der Waals surface area contributed by atoms with Crippen LogP contribution in [0.5, 0.6) is 11.5 Å². The lowest BCUT2D eigenvalue weighted by Crippen LogP contribution is -2.05. The molecule has 0 unspecified atom stereocenters. The van der Waals surface area contributed by atoms with Crippen molar-refractivity contribution in [1.82, 2.24) is 0 Å². The molecule has 0 saturated carbocycles. The van der Waals surface area contributed by atoms with E-state index >= 15 is 0 Å². The smallest absolute Gasteiger partial charge is 0.339 e. The average Bonchev–Trinajstić information content (AvgIpc) is 2.48. The monoisotopic (exact) mass is 286 g/mol.